The lowest BCUT2D eigenvalue weighted by molar-refractivity contribution is 0.426. The first kappa shape index (κ1) is 13.9. The normalized spacial score (nSPS) is 11.0. The van der Waals surface area contributed by atoms with Crippen LogP contribution in [0, 0.1) is 11.5 Å². The van der Waals surface area contributed by atoms with E-state index in [9.17, 15) is 10.0 Å². The van der Waals surface area contributed by atoms with Crippen molar-refractivity contribution in [3.05, 3.63) is 42.0 Å². The highest BCUT2D eigenvalue weighted by molar-refractivity contribution is 6.84. The van der Waals surface area contributed by atoms with Gasteiger partial charge in [-0.15, -0.1) is 5.54 Å². The first-order chi connectivity index (χ1) is 8.88. The maximum absolute atomic E-state index is 9.63. The van der Waals surface area contributed by atoms with E-state index in [-0.39, 0.29) is 0 Å². The van der Waals surface area contributed by atoms with Crippen LogP contribution in [0.5, 0.6) is 0 Å². The van der Waals surface area contributed by atoms with Gasteiger partial charge in [0.2, 0.25) is 0 Å². The Morgan fingerprint density at radius 3 is 2.32 bits per heavy atom. The standard InChI is InChI=1S/C15H17BO2Si/c1-19(2,3)11-10-13-9-8-12-6-4-5-7-14(12)15(13)16(17)18/h4-9,17-18H,1-3H3. The first-order valence-electron chi connectivity index (χ1n) is 6.29. The van der Waals surface area contributed by atoms with Crippen LogP contribution in [0.3, 0.4) is 0 Å². The summed E-state index contributed by atoms with van der Waals surface area (Å²) in [7, 11) is -2.99. The lowest BCUT2D eigenvalue weighted by Gasteiger charge is -2.09. The van der Waals surface area contributed by atoms with E-state index in [4.69, 9.17) is 0 Å². The second-order valence-electron chi connectivity index (χ2n) is 5.62. The number of benzene rings is 2. The molecule has 2 aromatic carbocycles. The fraction of sp³-hybridized carbons (Fsp3) is 0.200. The molecule has 0 aliphatic heterocycles. The summed E-state index contributed by atoms with van der Waals surface area (Å²) >= 11 is 0. The average Bonchev–Trinajstić information content (AvgIpc) is 2.34. The first-order valence-corrected chi connectivity index (χ1v) is 9.79. The molecule has 2 aromatic rings. The van der Waals surface area contributed by atoms with Crippen molar-refractivity contribution in [2.75, 3.05) is 0 Å². The summed E-state index contributed by atoms with van der Waals surface area (Å²) in [6, 6.07) is 11.5. The molecule has 2 rings (SSSR count). The van der Waals surface area contributed by atoms with Gasteiger partial charge in [0.05, 0.1) is 0 Å². The molecule has 0 amide bonds. The summed E-state index contributed by atoms with van der Waals surface area (Å²) in [5, 5.41) is 21.1. The zero-order chi connectivity index (χ0) is 14.0. The highest BCUT2D eigenvalue weighted by Crippen LogP contribution is 2.14. The predicted molar refractivity (Wildman–Crippen MR) is 84.0 cm³/mol. The SMILES string of the molecule is C[Si](C)(C)C#Cc1ccc2ccccc2c1B(O)O. The molecular formula is C15H17BO2Si. The molecule has 2 N–H and O–H groups in total. The van der Waals surface area contributed by atoms with Gasteiger partial charge in [0.15, 0.2) is 0 Å². The molecule has 2 nitrogen and oxygen atoms in total. The molecule has 0 atom stereocenters. The molecular weight excluding hydrogens is 251 g/mol. The van der Waals surface area contributed by atoms with Crippen LogP contribution in [0.4, 0.5) is 0 Å². The van der Waals surface area contributed by atoms with E-state index in [2.05, 4.69) is 31.1 Å². The van der Waals surface area contributed by atoms with E-state index in [1.165, 1.54) is 0 Å². The third kappa shape index (κ3) is 3.27. The van der Waals surface area contributed by atoms with Gasteiger partial charge in [-0.05, 0) is 16.8 Å². The highest BCUT2D eigenvalue weighted by Gasteiger charge is 2.18. The van der Waals surface area contributed by atoms with Crippen LogP contribution >= 0.6 is 0 Å². The third-order valence-electron chi connectivity index (χ3n) is 2.80. The zero-order valence-electron chi connectivity index (χ0n) is 11.4. The Kier molecular flexibility index (Phi) is 3.81. The topological polar surface area (TPSA) is 40.5 Å². The Labute approximate surface area is 115 Å². The Morgan fingerprint density at radius 2 is 1.68 bits per heavy atom. The second-order valence-corrected chi connectivity index (χ2v) is 10.4. The van der Waals surface area contributed by atoms with Gasteiger partial charge >= 0.3 is 7.12 Å². The van der Waals surface area contributed by atoms with Crippen LogP contribution in [0.25, 0.3) is 10.8 Å². The molecule has 0 unspecified atom stereocenters. The molecule has 0 saturated heterocycles. The van der Waals surface area contributed by atoms with Gasteiger partial charge in [0.1, 0.15) is 8.07 Å². The van der Waals surface area contributed by atoms with Crippen LogP contribution in [-0.2, 0) is 0 Å². The minimum atomic E-state index is -1.50. The summed E-state index contributed by atoms with van der Waals surface area (Å²) in [6.07, 6.45) is 0. The van der Waals surface area contributed by atoms with Crippen molar-refractivity contribution in [1.29, 1.82) is 0 Å². The Hall–Kier alpha value is -1.54. The van der Waals surface area contributed by atoms with Crippen molar-refractivity contribution in [3.8, 4) is 11.5 Å². The van der Waals surface area contributed by atoms with E-state index in [1.54, 1.807) is 0 Å². The maximum atomic E-state index is 9.63. The van der Waals surface area contributed by atoms with E-state index >= 15 is 0 Å². The van der Waals surface area contributed by atoms with Crippen molar-refractivity contribution in [3.63, 3.8) is 0 Å². The second kappa shape index (κ2) is 5.22. The molecule has 4 heteroatoms. The summed E-state index contributed by atoms with van der Waals surface area (Å²) in [5.74, 6) is 3.12. The molecule has 96 valence electrons. The molecule has 0 aromatic heterocycles. The Morgan fingerprint density at radius 1 is 1.00 bits per heavy atom. The summed E-state index contributed by atoms with van der Waals surface area (Å²) in [6.45, 7) is 6.49. The summed E-state index contributed by atoms with van der Waals surface area (Å²) < 4.78 is 0. The van der Waals surface area contributed by atoms with Gasteiger partial charge in [-0.1, -0.05) is 55.9 Å². The molecule has 0 aliphatic carbocycles. The number of hydrogen-bond donors (Lipinski definition) is 2. The molecule has 0 bridgehead atoms. The van der Waals surface area contributed by atoms with E-state index in [0.29, 0.717) is 11.0 Å². The van der Waals surface area contributed by atoms with Gasteiger partial charge in [-0.2, -0.15) is 0 Å². The van der Waals surface area contributed by atoms with E-state index in [0.717, 1.165) is 10.8 Å². The van der Waals surface area contributed by atoms with Crippen LogP contribution in [0.15, 0.2) is 36.4 Å². The van der Waals surface area contributed by atoms with Crippen molar-refractivity contribution in [2.24, 2.45) is 0 Å². The minimum Gasteiger partial charge on any atom is -0.423 e. The molecule has 0 spiro atoms. The lowest BCUT2D eigenvalue weighted by Crippen LogP contribution is -2.33. The van der Waals surface area contributed by atoms with Gasteiger partial charge in [0, 0.05) is 11.0 Å². The van der Waals surface area contributed by atoms with Gasteiger partial charge in [-0.25, -0.2) is 0 Å². The zero-order valence-corrected chi connectivity index (χ0v) is 12.4. The number of hydrogen-bond acceptors (Lipinski definition) is 2. The van der Waals surface area contributed by atoms with Gasteiger partial charge in [-0.3, -0.25) is 0 Å². The predicted octanol–water partition coefficient (Wildman–Crippen LogP) is 1.75. The van der Waals surface area contributed by atoms with Crippen LogP contribution in [0.1, 0.15) is 5.56 Å². The summed E-state index contributed by atoms with van der Waals surface area (Å²) in [4.78, 5) is 0. The van der Waals surface area contributed by atoms with Crippen LogP contribution in [-0.4, -0.2) is 25.2 Å². The molecule has 0 radical (unpaired) electrons. The van der Waals surface area contributed by atoms with Gasteiger partial charge in [0.25, 0.3) is 0 Å². The molecule has 19 heavy (non-hydrogen) atoms. The third-order valence-corrected chi connectivity index (χ3v) is 3.68. The smallest absolute Gasteiger partial charge is 0.423 e. The monoisotopic (exact) mass is 268 g/mol. The van der Waals surface area contributed by atoms with E-state index in [1.807, 2.05) is 36.4 Å². The Balaban J connectivity index is 2.67. The molecule has 0 fully saturated rings. The van der Waals surface area contributed by atoms with Crippen LogP contribution < -0.4 is 5.46 Å². The largest absolute Gasteiger partial charge is 0.490 e. The Bertz CT molecular complexity index is 663. The van der Waals surface area contributed by atoms with E-state index < -0.39 is 15.2 Å². The summed E-state index contributed by atoms with van der Waals surface area (Å²) in [5.41, 5.74) is 4.47. The highest BCUT2D eigenvalue weighted by atomic mass is 28.3. The average molecular weight is 268 g/mol. The maximum Gasteiger partial charge on any atom is 0.490 e. The lowest BCUT2D eigenvalue weighted by atomic mass is 9.74. The quantitative estimate of drug-likeness (QED) is 0.611. The van der Waals surface area contributed by atoms with Crippen molar-refractivity contribution >= 4 is 31.4 Å². The van der Waals surface area contributed by atoms with Gasteiger partial charge < -0.3 is 10.0 Å². The van der Waals surface area contributed by atoms with Crippen molar-refractivity contribution in [2.45, 2.75) is 19.6 Å². The van der Waals surface area contributed by atoms with Crippen LogP contribution in [0.2, 0.25) is 19.6 Å². The fourth-order valence-electron chi connectivity index (χ4n) is 1.94. The fourth-order valence-corrected chi connectivity index (χ4v) is 2.45. The number of rotatable bonds is 1. The minimum absolute atomic E-state index is 0.504. The molecule has 0 aliphatic rings. The number of fused-ring (bicyclic) bond motifs is 1. The van der Waals surface area contributed by atoms with Crippen molar-refractivity contribution < 1.29 is 10.0 Å². The molecule has 0 saturated carbocycles. The molecule has 0 heterocycles. The van der Waals surface area contributed by atoms with Crippen molar-refractivity contribution in [1.82, 2.24) is 0 Å².